The molecule has 1 rings (SSSR count). The van der Waals surface area contributed by atoms with Crippen LogP contribution in [0, 0.1) is 6.92 Å². The third-order valence-corrected chi connectivity index (χ3v) is 2.22. The van der Waals surface area contributed by atoms with Crippen molar-refractivity contribution in [2.75, 3.05) is 0 Å². The van der Waals surface area contributed by atoms with Crippen LogP contribution in [0.25, 0.3) is 0 Å². The van der Waals surface area contributed by atoms with E-state index in [1.165, 1.54) is 12.1 Å². The first-order valence-electron chi connectivity index (χ1n) is 3.21. The van der Waals surface area contributed by atoms with Crippen molar-refractivity contribution in [1.82, 2.24) is 0 Å². The molecule has 1 aromatic carbocycles. The zero-order valence-electron chi connectivity index (χ0n) is 8.27. The fourth-order valence-electron chi connectivity index (χ4n) is 0.877. The van der Waals surface area contributed by atoms with Gasteiger partial charge in [-0.05, 0) is 24.6 Å². The van der Waals surface area contributed by atoms with Gasteiger partial charge < -0.3 is 6.53 Å². The first kappa shape index (κ1) is 13.3. The van der Waals surface area contributed by atoms with Crippen molar-refractivity contribution in [2.24, 2.45) is 0 Å². The fraction of sp³-hybridized carbons (Fsp3) is 0.125. The number of carbonyl (C=O) groups is 1. The van der Waals surface area contributed by atoms with E-state index < -0.39 is 5.97 Å². The van der Waals surface area contributed by atoms with Crippen LogP contribution in [0.4, 0.5) is 0 Å². The summed E-state index contributed by atoms with van der Waals surface area (Å²) in [5.74, 6) is -0.994. The van der Waals surface area contributed by atoms with Gasteiger partial charge in [0, 0.05) is 0 Å². The SMILES string of the molecule is Cc1cc(Cl)c(Cl)cc1C(=O)O.[H-].[Na+]. The van der Waals surface area contributed by atoms with Crippen LogP contribution in [0.5, 0.6) is 0 Å². The predicted molar refractivity (Wildman–Crippen MR) is 49.3 cm³/mol. The standard InChI is InChI=1S/C8H6Cl2O2.Na.H/c1-4-2-6(9)7(10)3-5(4)8(11)12;;/h2-3H,1H3,(H,11,12);;/q;+1;-1. The number of hydrogen-bond donors (Lipinski definition) is 1. The van der Waals surface area contributed by atoms with Crippen molar-refractivity contribution in [1.29, 1.82) is 0 Å². The van der Waals surface area contributed by atoms with E-state index in [1.807, 2.05) is 0 Å². The second-order valence-corrected chi connectivity index (χ2v) is 3.20. The van der Waals surface area contributed by atoms with Gasteiger partial charge in [-0.25, -0.2) is 4.79 Å². The zero-order valence-corrected chi connectivity index (χ0v) is 10.8. The average Bonchev–Trinajstić information content (AvgIpc) is 1.96. The number of carboxylic acid groups (broad SMARTS) is 1. The molecular weight excluding hydrogens is 222 g/mol. The summed E-state index contributed by atoms with van der Waals surface area (Å²) in [6.45, 7) is 1.67. The second kappa shape index (κ2) is 5.23. The number of rotatable bonds is 1. The Morgan fingerprint density at radius 2 is 1.85 bits per heavy atom. The maximum Gasteiger partial charge on any atom is 1.00 e. The number of benzene rings is 1. The minimum atomic E-state index is -0.994. The summed E-state index contributed by atoms with van der Waals surface area (Å²) in [5, 5.41) is 9.32. The van der Waals surface area contributed by atoms with E-state index in [-0.39, 0.29) is 41.6 Å². The third kappa shape index (κ3) is 3.15. The Kier molecular flexibility index (Phi) is 5.33. The zero-order chi connectivity index (χ0) is 9.30. The smallest absolute Gasteiger partial charge is 1.00 e. The fourth-order valence-corrected chi connectivity index (χ4v) is 1.26. The Labute approximate surface area is 110 Å². The van der Waals surface area contributed by atoms with Crippen LogP contribution in [-0.4, -0.2) is 11.1 Å². The number of aryl methyl sites for hydroxylation is 1. The van der Waals surface area contributed by atoms with Crippen LogP contribution in [0.1, 0.15) is 17.3 Å². The average molecular weight is 229 g/mol. The molecule has 0 fully saturated rings. The Morgan fingerprint density at radius 3 is 2.31 bits per heavy atom. The van der Waals surface area contributed by atoms with Crippen LogP contribution in [0.3, 0.4) is 0 Å². The first-order valence-corrected chi connectivity index (χ1v) is 3.97. The molecule has 66 valence electrons. The first-order chi connectivity index (χ1) is 5.52. The quantitative estimate of drug-likeness (QED) is 0.694. The van der Waals surface area contributed by atoms with Gasteiger partial charge in [0.1, 0.15) is 0 Å². The molecule has 1 N–H and O–H groups in total. The molecule has 0 heterocycles. The molecular formula is C8H7Cl2NaO2. The molecule has 0 bridgehead atoms. The molecule has 0 radical (unpaired) electrons. The summed E-state index contributed by atoms with van der Waals surface area (Å²) in [6.07, 6.45) is 0. The molecule has 5 heteroatoms. The van der Waals surface area contributed by atoms with E-state index in [9.17, 15) is 4.79 Å². The number of aromatic carboxylic acids is 1. The van der Waals surface area contributed by atoms with Gasteiger partial charge in [-0.2, -0.15) is 0 Å². The molecule has 0 unspecified atom stereocenters. The van der Waals surface area contributed by atoms with E-state index in [4.69, 9.17) is 28.3 Å². The van der Waals surface area contributed by atoms with Crippen molar-refractivity contribution in [3.8, 4) is 0 Å². The minimum Gasteiger partial charge on any atom is -1.00 e. The summed E-state index contributed by atoms with van der Waals surface area (Å²) in [5.41, 5.74) is 0.793. The third-order valence-electron chi connectivity index (χ3n) is 1.50. The van der Waals surface area contributed by atoms with Gasteiger partial charge in [-0.3, -0.25) is 0 Å². The van der Waals surface area contributed by atoms with E-state index in [0.717, 1.165) is 0 Å². The molecule has 0 saturated heterocycles. The topological polar surface area (TPSA) is 37.3 Å². The van der Waals surface area contributed by atoms with Crippen molar-refractivity contribution >= 4 is 29.2 Å². The molecule has 0 spiro atoms. The maximum absolute atomic E-state index is 10.6. The largest absolute Gasteiger partial charge is 1.00 e. The van der Waals surface area contributed by atoms with Crippen LogP contribution in [0.2, 0.25) is 10.0 Å². The molecule has 0 aliphatic carbocycles. The van der Waals surface area contributed by atoms with Crippen LogP contribution in [0.15, 0.2) is 12.1 Å². The van der Waals surface area contributed by atoms with Crippen molar-refractivity contribution in [3.05, 3.63) is 33.3 Å². The molecule has 0 atom stereocenters. The summed E-state index contributed by atoms with van der Waals surface area (Å²) in [7, 11) is 0. The van der Waals surface area contributed by atoms with E-state index in [2.05, 4.69) is 0 Å². The molecule has 0 aromatic heterocycles. The van der Waals surface area contributed by atoms with Gasteiger partial charge in [0.2, 0.25) is 0 Å². The molecule has 13 heavy (non-hydrogen) atoms. The molecule has 0 aliphatic rings. The summed E-state index contributed by atoms with van der Waals surface area (Å²) < 4.78 is 0. The van der Waals surface area contributed by atoms with E-state index >= 15 is 0 Å². The van der Waals surface area contributed by atoms with Gasteiger partial charge in [0.05, 0.1) is 15.6 Å². The predicted octanol–water partition coefficient (Wildman–Crippen LogP) is 0.117. The maximum atomic E-state index is 10.6. The van der Waals surface area contributed by atoms with Crippen molar-refractivity contribution in [2.45, 2.75) is 6.92 Å². The molecule has 0 amide bonds. The summed E-state index contributed by atoms with van der Waals surface area (Å²) >= 11 is 11.3. The van der Waals surface area contributed by atoms with Crippen molar-refractivity contribution < 1.29 is 40.9 Å². The van der Waals surface area contributed by atoms with Gasteiger partial charge in [-0.15, -0.1) is 0 Å². The number of halogens is 2. The van der Waals surface area contributed by atoms with Crippen molar-refractivity contribution in [3.63, 3.8) is 0 Å². The second-order valence-electron chi connectivity index (χ2n) is 2.39. The normalized spacial score (nSPS) is 9.15. The number of carboxylic acids is 1. The van der Waals surface area contributed by atoms with Gasteiger partial charge in [-0.1, -0.05) is 23.2 Å². The molecule has 0 aliphatic heterocycles. The monoisotopic (exact) mass is 228 g/mol. The van der Waals surface area contributed by atoms with E-state index in [0.29, 0.717) is 10.6 Å². The molecule has 0 saturated carbocycles. The van der Waals surface area contributed by atoms with Crippen LogP contribution >= 0.6 is 23.2 Å². The molecule has 1 aromatic rings. The summed E-state index contributed by atoms with van der Waals surface area (Å²) in [6, 6.07) is 2.88. The van der Waals surface area contributed by atoms with Gasteiger partial charge in [0.25, 0.3) is 0 Å². The summed E-state index contributed by atoms with van der Waals surface area (Å²) in [4.78, 5) is 10.6. The van der Waals surface area contributed by atoms with Crippen LogP contribution in [-0.2, 0) is 0 Å². The van der Waals surface area contributed by atoms with Gasteiger partial charge in [0.15, 0.2) is 0 Å². The Hall–Kier alpha value is 0.270. The Balaban J connectivity index is 0. The van der Waals surface area contributed by atoms with Crippen LogP contribution < -0.4 is 29.6 Å². The Morgan fingerprint density at radius 1 is 1.38 bits per heavy atom. The van der Waals surface area contributed by atoms with Gasteiger partial charge >= 0.3 is 35.5 Å². The number of hydrogen-bond acceptors (Lipinski definition) is 1. The Bertz CT molecular complexity index is 344. The molecule has 2 nitrogen and oxygen atoms in total. The minimum absolute atomic E-state index is 0. The van der Waals surface area contributed by atoms with E-state index in [1.54, 1.807) is 6.92 Å².